The van der Waals surface area contributed by atoms with Gasteiger partial charge >= 0.3 is 0 Å². The Labute approximate surface area is 130 Å². The van der Waals surface area contributed by atoms with E-state index in [-0.39, 0.29) is 5.88 Å². The number of hydrogen-bond acceptors (Lipinski definition) is 3. The van der Waals surface area contributed by atoms with Crippen LogP contribution in [0.15, 0.2) is 51.1 Å². The van der Waals surface area contributed by atoms with Crippen LogP contribution in [0.4, 0.5) is 11.4 Å². The molecule has 0 radical (unpaired) electrons. The monoisotopic (exact) mass is 343 g/mol. The largest absolute Gasteiger partial charge is 0.493 e. The van der Waals surface area contributed by atoms with Gasteiger partial charge in [-0.3, -0.25) is 0 Å². The number of rotatable bonds is 2. The number of azo groups is 1. The second-order valence-electron chi connectivity index (χ2n) is 4.98. The molecule has 106 valence electrons. The lowest BCUT2D eigenvalue weighted by Gasteiger charge is -1.99. The number of aryl methyl sites for hydroxylation is 2. The smallest absolute Gasteiger partial charge is 0.218 e. The van der Waals surface area contributed by atoms with Gasteiger partial charge in [0.05, 0.1) is 11.2 Å². The highest BCUT2D eigenvalue weighted by Gasteiger charge is 2.10. The molecular formula is C16H14BrN3O. The van der Waals surface area contributed by atoms with Crippen molar-refractivity contribution in [2.24, 2.45) is 10.2 Å². The van der Waals surface area contributed by atoms with Gasteiger partial charge in [-0.2, -0.15) is 5.11 Å². The summed E-state index contributed by atoms with van der Waals surface area (Å²) < 4.78 is 0.927. The van der Waals surface area contributed by atoms with Crippen LogP contribution in [0.2, 0.25) is 0 Å². The first kappa shape index (κ1) is 13.8. The molecule has 4 nitrogen and oxygen atoms in total. The van der Waals surface area contributed by atoms with Gasteiger partial charge < -0.3 is 10.1 Å². The van der Waals surface area contributed by atoms with Crippen molar-refractivity contribution in [3.05, 3.63) is 52.0 Å². The van der Waals surface area contributed by atoms with Crippen molar-refractivity contribution in [3.8, 4) is 5.88 Å². The van der Waals surface area contributed by atoms with Crippen molar-refractivity contribution in [1.29, 1.82) is 0 Å². The summed E-state index contributed by atoms with van der Waals surface area (Å²) >= 11 is 3.42. The van der Waals surface area contributed by atoms with Crippen LogP contribution in [-0.2, 0) is 0 Å². The Kier molecular flexibility index (Phi) is 3.51. The molecule has 0 amide bonds. The summed E-state index contributed by atoms with van der Waals surface area (Å²) in [6.45, 7) is 4.09. The van der Waals surface area contributed by atoms with E-state index in [1.165, 1.54) is 5.56 Å². The molecule has 2 N–H and O–H groups in total. The van der Waals surface area contributed by atoms with Crippen molar-refractivity contribution in [1.82, 2.24) is 4.98 Å². The van der Waals surface area contributed by atoms with Gasteiger partial charge in [-0.1, -0.05) is 22.0 Å². The van der Waals surface area contributed by atoms with Gasteiger partial charge in [-0.25, -0.2) is 0 Å². The minimum atomic E-state index is 0.0238. The number of hydrogen-bond donors (Lipinski definition) is 2. The summed E-state index contributed by atoms with van der Waals surface area (Å²) in [5.74, 6) is 0.0238. The lowest BCUT2D eigenvalue weighted by Crippen LogP contribution is -1.77. The van der Waals surface area contributed by atoms with Crippen molar-refractivity contribution in [2.75, 3.05) is 0 Å². The topological polar surface area (TPSA) is 60.7 Å². The average Bonchev–Trinajstić information content (AvgIpc) is 2.75. The molecule has 5 heteroatoms. The minimum absolute atomic E-state index is 0.0238. The Hall–Kier alpha value is -2.14. The molecule has 2 aromatic carbocycles. The summed E-state index contributed by atoms with van der Waals surface area (Å²) in [6.07, 6.45) is 0. The zero-order chi connectivity index (χ0) is 15.0. The predicted octanol–water partition coefficient (Wildman–Crippen LogP) is 5.67. The lowest BCUT2D eigenvalue weighted by atomic mass is 10.1. The molecule has 3 rings (SSSR count). The van der Waals surface area contributed by atoms with Crippen LogP contribution in [0.3, 0.4) is 0 Å². The Bertz CT molecular complexity index is 852. The van der Waals surface area contributed by atoms with Gasteiger partial charge in [0.2, 0.25) is 5.88 Å². The first-order valence-electron chi connectivity index (χ1n) is 6.54. The normalized spacial score (nSPS) is 11.6. The van der Waals surface area contributed by atoms with E-state index >= 15 is 0 Å². The van der Waals surface area contributed by atoms with Crippen molar-refractivity contribution >= 4 is 38.2 Å². The maximum Gasteiger partial charge on any atom is 0.218 e. The number of aromatic amines is 1. The number of nitrogens with one attached hydrogen (secondary N) is 1. The molecule has 21 heavy (non-hydrogen) atoms. The van der Waals surface area contributed by atoms with E-state index in [0.29, 0.717) is 5.69 Å². The van der Waals surface area contributed by atoms with Crippen LogP contribution in [-0.4, -0.2) is 10.1 Å². The molecule has 3 aromatic rings. The number of H-pyrrole nitrogens is 1. The van der Waals surface area contributed by atoms with Gasteiger partial charge in [0.25, 0.3) is 0 Å². The molecular weight excluding hydrogens is 330 g/mol. The Morgan fingerprint density at radius 3 is 2.57 bits per heavy atom. The van der Waals surface area contributed by atoms with Crippen molar-refractivity contribution < 1.29 is 5.11 Å². The van der Waals surface area contributed by atoms with E-state index < -0.39 is 0 Å². The molecule has 0 bridgehead atoms. The number of benzene rings is 2. The van der Waals surface area contributed by atoms with E-state index in [1.807, 2.05) is 43.3 Å². The zero-order valence-electron chi connectivity index (χ0n) is 11.7. The summed E-state index contributed by atoms with van der Waals surface area (Å²) in [6, 6.07) is 11.6. The average molecular weight is 344 g/mol. The third-order valence-corrected chi connectivity index (χ3v) is 3.96. The van der Waals surface area contributed by atoms with Crippen LogP contribution in [0.1, 0.15) is 11.1 Å². The lowest BCUT2D eigenvalue weighted by molar-refractivity contribution is 0.459. The standard InChI is InChI=1S/C16H14BrN3O/c1-9-3-5-12(7-10(9)2)19-20-15-13-8-11(17)4-6-14(13)18-16(15)21/h3-8,18,21H,1-2H3. The van der Waals surface area contributed by atoms with E-state index in [0.717, 1.165) is 26.6 Å². The summed E-state index contributed by atoms with van der Waals surface area (Å²) in [7, 11) is 0. The highest BCUT2D eigenvalue weighted by Crippen LogP contribution is 2.37. The van der Waals surface area contributed by atoms with Gasteiger partial charge in [-0.15, -0.1) is 5.11 Å². The van der Waals surface area contributed by atoms with Gasteiger partial charge in [0, 0.05) is 9.86 Å². The number of aromatic nitrogens is 1. The third-order valence-electron chi connectivity index (χ3n) is 3.47. The second kappa shape index (κ2) is 5.33. The van der Waals surface area contributed by atoms with E-state index in [9.17, 15) is 5.11 Å². The molecule has 0 saturated heterocycles. The Balaban J connectivity index is 2.04. The zero-order valence-corrected chi connectivity index (χ0v) is 13.3. The molecule has 1 aromatic heterocycles. The number of halogens is 1. The highest BCUT2D eigenvalue weighted by atomic mass is 79.9. The molecule has 0 aliphatic rings. The van der Waals surface area contributed by atoms with Crippen LogP contribution in [0.5, 0.6) is 5.88 Å². The summed E-state index contributed by atoms with van der Waals surface area (Å²) in [4.78, 5) is 2.89. The fraction of sp³-hybridized carbons (Fsp3) is 0.125. The quantitative estimate of drug-likeness (QED) is 0.578. The number of nitrogens with zero attached hydrogens (tertiary/aromatic N) is 2. The fourth-order valence-electron chi connectivity index (χ4n) is 2.13. The van der Waals surface area contributed by atoms with Crippen LogP contribution >= 0.6 is 15.9 Å². The number of aromatic hydroxyl groups is 1. The van der Waals surface area contributed by atoms with E-state index in [4.69, 9.17) is 0 Å². The molecule has 0 atom stereocenters. The molecule has 0 aliphatic heterocycles. The second-order valence-corrected chi connectivity index (χ2v) is 5.90. The van der Waals surface area contributed by atoms with Crippen LogP contribution in [0.25, 0.3) is 10.9 Å². The van der Waals surface area contributed by atoms with E-state index in [2.05, 4.69) is 38.1 Å². The Morgan fingerprint density at radius 1 is 1.00 bits per heavy atom. The predicted molar refractivity (Wildman–Crippen MR) is 87.8 cm³/mol. The Morgan fingerprint density at radius 2 is 1.81 bits per heavy atom. The molecule has 1 heterocycles. The van der Waals surface area contributed by atoms with Crippen molar-refractivity contribution in [2.45, 2.75) is 13.8 Å². The molecule has 0 spiro atoms. The maximum atomic E-state index is 9.98. The van der Waals surface area contributed by atoms with Crippen LogP contribution < -0.4 is 0 Å². The molecule has 0 unspecified atom stereocenters. The molecule has 0 fully saturated rings. The fourth-order valence-corrected chi connectivity index (χ4v) is 2.49. The van der Waals surface area contributed by atoms with Gasteiger partial charge in [-0.05, 0) is 55.3 Å². The molecule has 0 saturated carbocycles. The third kappa shape index (κ3) is 2.69. The van der Waals surface area contributed by atoms with Crippen LogP contribution in [0, 0.1) is 13.8 Å². The van der Waals surface area contributed by atoms with E-state index in [1.54, 1.807) is 0 Å². The summed E-state index contributed by atoms with van der Waals surface area (Å²) in [5, 5.41) is 19.2. The molecule has 0 aliphatic carbocycles. The van der Waals surface area contributed by atoms with Gasteiger partial charge in [0.1, 0.15) is 0 Å². The first-order valence-corrected chi connectivity index (χ1v) is 7.33. The maximum absolute atomic E-state index is 9.98. The highest BCUT2D eigenvalue weighted by molar-refractivity contribution is 9.10. The number of fused-ring (bicyclic) bond motifs is 1. The summed E-state index contributed by atoms with van der Waals surface area (Å²) in [5.41, 5.74) is 4.42. The minimum Gasteiger partial charge on any atom is -0.493 e. The van der Waals surface area contributed by atoms with Crippen molar-refractivity contribution in [3.63, 3.8) is 0 Å². The van der Waals surface area contributed by atoms with Gasteiger partial charge in [0.15, 0.2) is 5.69 Å². The first-order chi connectivity index (χ1) is 10.0. The SMILES string of the molecule is Cc1ccc(N=Nc2c(O)[nH]c3ccc(Br)cc23)cc1C.